The number of methoxy groups -OCH3 is 2. The second kappa shape index (κ2) is 9.86. The van der Waals surface area contributed by atoms with Crippen LogP contribution in [0.3, 0.4) is 0 Å². The van der Waals surface area contributed by atoms with Gasteiger partial charge in [-0.25, -0.2) is 0 Å². The van der Waals surface area contributed by atoms with Gasteiger partial charge in [-0.05, 0) is 63.9 Å². The van der Waals surface area contributed by atoms with Gasteiger partial charge in [0.1, 0.15) is 17.1 Å². The number of nitrogens with two attached hydrogens (primary N) is 1. The lowest BCUT2D eigenvalue weighted by Gasteiger charge is -2.20. The maximum absolute atomic E-state index is 11.7. The Morgan fingerprint density at radius 2 is 1.44 bits per heavy atom. The zero-order valence-corrected chi connectivity index (χ0v) is 17.4. The van der Waals surface area contributed by atoms with Crippen LogP contribution in [0.5, 0.6) is 11.5 Å². The van der Waals surface area contributed by atoms with Crippen molar-refractivity contribution >= 4 is 11.7 Å². The molecule has 0 aliphatic heterocycles. The summed E-state index contributed by atoms with van der Waals surface area (Å²) in [5.74, 6) is 1.43. The fourth-order valence-electron chi connectivity index (χ4n) is 2.46. The third-order valence-corrected chi connectivity index (χ3v) is 3.92. The van der Waals surface area contributed by atoms with Crippen LogP contribution in [0.25, 0.3) is 0 Å². The molecule has 2 aromatic rings. The number of rotatable bonds is 4. The van der Waals surface area contributed by atoms with Crippen LogP contribution in [0.2, 0.25) is 0 Å². The highest BCUT2D eigenvalue weighted by atomic mass is 16.6. The van der Waals surface area contributed by atoms with E-state index in [1.54, 1.807) is 14.2 Å². The third-order valence-electron chi connectivity index (χ3n) is 3.92. The van der Waals surface area contributed by atoms with Gasteiger partial charge in [0.2, 0.25) is 0 Å². The van der Waals surface area contributed by atoms with Crippen molar-refractivity contribution in [1.29, 1.82) is 0 Å². The van der Waals surface area contributed by atoms with E-state index in [0.29, 0.717) is 0 Å². The van der Waals surface area contributed by atoms with E-state index < -0.39 is 5.60 Å². The number of carbonyl (C=O) groups is 1. The van der Waals surface area contributed by atoms with E-state index in [4.69, 9.17) is 19.9 Å². The number of anilines is 1. The second-order valence-electron chi connectivity index (χ2n) is 7.18. The van der Waals surface area contributed by atoms with E-state index in [-0.39, 0.29) is 12.4 Å². The molecule has 148 valence electrons. The van der Waals surface area contributed by atoms with Crippen molar-refractivity contribution in [3.05, 3.63) is 53.1 Å². The topological polar surface area (TPSA) is 70.8 Å². The van der Waals surface area contributed by atoms with Crippen LogP contribution in [0.15, 0.2) is 36.4 Å². The van der Waals surface area contributed by atoms with E-state index in [2.05, 4.69) is 0 Å². The van der Waals surface area contributed by atoms with Crippen molar-refractivity contribution in [1.82, 2.24) is 0 Å². The molecule has 0 fully saturated rings. The summed E-state index contributed by atoms with van der Waals surface area (Å²) in [5, 5.41) is 0. The normalized spacial score (nSPS) is 10.5. The van der Waals surface area contributed by atoms with Crippen molar-refractivity contribution in [2.24, 2.45) is 0 Å². The smallest absolute Gasteiger partial charge is 0.310 e. The Balaban J connectivity index is 0.000000309. The third kappa shape index (κ3) is 7.21. The minimum Gasteiger partial charge on any atom is -0.496 e. The van der Waals surface area contributed by atoms with Crippen LogP contribution >= 0.6 is 0 Å². The molecule has 0 aromatic heterocycles. The zero-order chi connectivity index (χ0) is 20.6. The first kappa shape index (κ1) is 22.4. The van der Waals surface area contributed by atoms with Gasteiger partial charge in [-0.1, -0.05) is 18.2 Å². The molecule has 2 aromatic carbocycles. The monoisotopic (exact) mass is 373 g/mol. The number of ether oxygens (including phenoxy) is 3. The first-order valence-corrected chi connectivity index (χ1v) is 8.82. The van der Waals surface area contributed by atoms with Crippen LogP contribution in [0.4, 0.5) is 5.69 Å². The summed E-state index contributed by atoms with van der Waals surface area (Å²) < 4.78 is 15.6. The van der Waals surface area contributed by atoms with Crippen molar-refractivity contribution in [2.75, 3.05) is 20.0 Å². The van der Waals surface area contributed by atoms with Crippen LogP contribution in [-0.2, 0) is 16.0 Å². The Labute approximate surface area is 162 Å². The van der Waals surface area contributed by atoms with Crippen LogP contribution in [0, 0.1) is 13.8 Å². The molecule has 0 spiro atoms. The highest BCUT2D eigenvalue weighted by molar-refractivity contribution is 5.73. The maximum Gasteiger partial charge on any atom is 0.310 e. The Kier molecular flexibility index (Phi) is 8.16. The second-order valence-corrected chi connectivity index (χ2v) is 7.18. The predicted molar refractivity (Wildman–Crippen MR) is 109 cm³/mol. The van der Waals surface area contributed by atoms with E-state index >= 15 is 0 Å². The molecule has 5 heteroatoms. The summed E-state index contributed by atoms with van der Waals surface area (Å²) in [6, 6.07) is 11.3. The lowest BCUT2D eigenvalue weighted by Crippen LogP contribution is -2.25. The molecule has 0 unspecified atom stereocenters. The van der Waals surface area contributed by atoms with Crippen LogP contribution in [-0.4, -0.2) is 25.8 Å². The molecule has 0 heterocycles. The molecular weight excluding hydrogens is 342 g/mol. The predicted octanol–water partition coefficient (Wildman–Crippen LogP) is 4.47. The van der Waals surface area contributed by atoms with Gasteiger partial charge in [-0.3, -0.25) is 4.79 Å². The van der Waals surface area contributed by atoms with Crippen molar-refractivity contribution < 1.29 is 19.0 Å². The fraction of sp³-hybridized carbons (Fsp3) is 0.409. The molecular formula is C22H31NO4. The van der Waals surface area contributed by atoms with E-state index in [1.807, 2.05) is 71.0 Å². The lowest BCUT2D eigenvalue weighted by atomic mass is 10.0. The molecule has 0 radical (unpaired) electrons. The molecule has 0 saturated heterocycles. The van der Waals surface area contributed by atoms with Gasteiger partial charge in [0, 0.05) is 11.3 Å². The zero-order valence-electron chi connectivity index (χ0n) is 17.4. The highest BCUT2D eigenvalue weighted by Crippen LogP contribution is 2.22. The van der Waals surface area contributed by atoms with E-state index in [1.165, 1.54) is 0 Å². The first-order valence-electron chi connectivity index (χ1n) is 8.82. The van der Waals surface area contributed by atoms with Gasteiger partial charge in [0.15, 0.2) is 0 Å². The molecule has 0 atom stereocenters. The summed E-state index contributed by atoms with van der Waals surface area (Å²) in [5.41, 5.74) is 8.89. The molecule has 5 nitrogen and oxygen atoms in total. The fourth-order valence-corrected chi connectivity index (χ4v) is 2.46. The first-order chi connectivity index (χ1) is 12.6. The highest BCUT2D eigenvalue weighted by Gasteiger charge is 2.17. The largest absolute Gasteiger partial charge is 0.496 e. The summed E-state index contributed by atoms with van der Waals surface area (Å²) in [4.78, 5) is 11.7. The Bertz CT molecular complexity index is 763. The van der Waals surface area contributed by atoms with Gasteiger partial charge in [0.25, 0.3) is 0 Å². The summed E-state index contributed by atoms with van der Waals surface area (Å²) in [7, 11) is 3.27. The number of benzene rings is 2. The Morgan fingerprint density at radius 3 is 1.93 bits per heavy atom. The minimum atomic E-state index is -0.441. The molecule has 0 aliphatic carbocycles. The van der Waals surface area contributed by atoms with Gasteiger partial charge in [-0.15, -0.1) is 0 Å². The van der Waals surface area contributed by atoms with E-state index in [0.717, 1.165) is 33.9 Å². The Morgan fingerprint density at radius 1 is 0.926 bits per heavy atom. The lowest BCUT2D eigenvalue weighted by molar-refractivity contribution is -0.153. The van der Waals surface area contributed by atoms with Gasteiger partial charge < -0.3 is 19.9 Å². The van der Waals surface area contributed by atoms with Crippen LogP contribution in [0.1, 0.15) is 37.5 Å². The molecule has 0 aliphatic rings. The molecule has 2 N–H and O–H groups in total. The average molecular weight is 373 g/mol. The number of hydrogen-bond donors (Lipinski definition) is 1. The minimum absolute atomic E-state index is 0.214. The maximum atomic E-state index is 11.7. The van der Waals surface area contributed by atoms with Crippen LogP contribution < -0.4 is 15.2 Å². The van der Waals surface area contributed by atoms with E-state index in [9.17, 15) is 4.79 Å². The molecule has 27 heavy (non-hydrogen) atoms. The quantitative estimate of drug-likeness (QED) is 0.632. The number of carbonyl (C=O) groups excluding carboxylic acids is 1. The van der Waals surface area contributed by atoms with Crippen molar-refractivity contribution in [3.8, 4) is 11.5 Å². The molecule has 2 rings (SSSR count). The molecule has 0 bridgehead atoms. The SMILES string of the molecule is COc1cccc(CC(=O)OC(C)(C)C)c1C.COc1cccc(N)c1C. The molecule has 0 saturated carbocycles. The summed E-state index contributed by atoms with van der Waals surface area (Å²) in [6.07, 6.45) is 0.278. The standard InChI is InChI=1S/C14H20O3.C8H11NO/c1-10-11(7-6-8-12(10)16-5)9-13(15)17-14(2,3)4;1-6-7(9)4-3-5-8(6)10-2/h6-8H,9H2,1-5H3;3-5H,9H2,1-2H3. The van der Waals surface area contributed by atoms with Crippen molar-refractivity contribution in [3.63, 3.8) is 0 Å². The summed E-state index contributed by atoms with van der Waals surface area (Å²) in [6.45, 7) is 9.47. The van der Waals surface area contributed by atoms with Gasteiger partial charge in [0.05, 0.1) is 20.6 Å². The Hall–Kier alpha value is -2.69. The van der Waals surface area contributed by atoms with Crippen molar-refractivity contribution in [2.45, 2.75) is 46.6 Å². The number of esters is 1. The number of hydrogen-bond acceptors (Lipinski definition) is 5. The summed E-state index contributed by atoms with van der Waals surface area (Å²) >= 11 is 0. The number of nitrogen functional groups attached to an aromatic ring is 1. The van der Waals surface area contributed by atoms with Gasteiger partial charge in [-0.2, -0.15) is 0 Å². The average Bonchev–Trinajstić information content (AvgIpc) is 2.58. The van der Waals surface area contributed by atoms with Gasteiger partial charge >= 0.3 is 5.97 Å². The molecule has 0 amide bonds.